The van der Waals surface area contributed by atoms with Crippen molar-refractivity contribution < 1.29 is 12.6 Å². The molecule has 1 rings (SSSR count). The molecule has 0 aromatic heterocycles. The molecule has 1 aromatic rings. The van der Waals surface area contributed by atoms with E-state index in [0.29, 0.717) is 0 Å². The number of rotatable bonds is 3. The van der Waals surface area contributed by atoms with Crippen molar-refractivity contribution in [3.05, 3.63) is 47.9 Å². The molecule has 0 unspecified atom stereocenters. The zero-order chi connectivity index (χ0) is 11.3. The van der Waals surface area contributed by atoms with Crippen LogP contribution in [0.2, 0.25) is 0 Å². The van der Waals surface area contributed by atoms with Gasteiger partial charge >= 0.3 is 10.1 Å². The summed E-state index contributed by atoms with van der Waals surface area (Å²) in [6, 6.07) is 6.45. The molecule has 0 bridgehead atoms. The van der Waals surface area contributed by atoms with E-state index in [4.69, 9.17) is 0 Å². The van der Waals surface area contributed by atoms with Crippen LogP contribution in [-0.2, 0) is 14.3 Å². The molecule has 0 fully saturated rings. The van der Waals surface area contributed by atoms with E-state index >= 15 is 0 Å². The van der Waals surface area contributed by atoms with E-state index in [2.05, 4.69) is 9.91 Å². The summed E-state index contributed by atoms with van der Waals surface area (Å²) in [5, 5.41) is 0. The van der Waals surface area contributed by atoms with Gasteiger partial charge in [0.05, 0.1) is 0 Å². The molecule has 0 heterocycles. The minimum Gasteiger partial charge on any atom is -0.378 e. The number of allylic oxidation sites excluding steroid dienone is 1. The Labute approximate surface area is 89.8 Å². The molecule has 80 valence electrons. The average Bonchev–Trinajstić information content (AvgIpc) is 2.18. The molecule has 0 radical (unpaired) electrons. The van der Waals surface area contributed by atoms with Crippen LogP contribution in [0.1, 0.15) is 12.5 Å². The molecule has 0 aliphatic carbocycles. The Kier molecular flexibility index (Phi) is 3.72. The third kappa shape index (κ3) is 3.27. The molecule has 0 saturated heterocycles. The number of hydrogen-bond donors (Lipinski definition) is 0. The predicted molar refractivity (Wildman–Crippen MR) is 57.8 cm³/mol. The van der Waals surface area contributed by atoms with Crippen molar-refractivity contribution in [3.63, 3.8) is 0 Å². The minimum atomic E-state index is -3.69. The summed E-state index contributed by atoms with van der Waals surface area (Å²) < 4.78 is 27.6. The highest BCUT2D eigenvalue weighted by atomic mass is 32.2. The van der Waals surface area contributed by atoms with E-state index in [1.165, 1.54) is 12.1 Å². The van der Waals surface area contributed by atoms with Gasteiger partial charge in [0.1, 0.15) is 11.2 Å². The van der Waals surface area contributed by atoms with E-state index in [1.807, 2.05) is 6.92 Å². The summed E-state index contributed by atoms with van der Waals surface area (Å²) in [6.45, 7) is 3.61. The fraction of sp³-hybridized carbons (Fsp3) is 0.182. The molecule has 4 heteroatoms. The first-order valence-electron chi connectivity index (χ1n) is 4.42. The first kappa shape index (κ1) is 11.6. The summed E-state index contributed by atoms with van der Waals surface area (Å²) in [5.41, 5.74) is 3.53. The van der Waals surface area contributed by atoms with Crippen LogP contribution in [0.3, 0.4) is 0 Å². The van der Waals surface area contributed by atoms with Crippen LogP contribution in [0, 0.1) is 6.92 Å². The van der Waals surface area contributed by atoms with Crippen molar-refractivity contribution in [3.8, 4) is 0 Å². The summed E-state index contributed by atoms with van der Waals surface area (Å²) in [5.74, 6) is 0. The largest absolute Gasteiger partial charge is 0.378 e. The van der Waals surface area contributed by atoms with Crippen LogP contribution in [0.5, 0.6) is 0 Å². The van der Waals surface area contributed by atoms with Crippen molar-refractivity contribution in [1.29, 1.82) is 0 Å². The monoisotopic (exact) mass is 224 g/mol. The fourth-order valence-corrected chi connectivity index (χ4v) is 1.68. The van der Waals surface area contributed by atoms with Gasteiger partial charge in [0.15, 0.2) is 0 Å². The van der Waals surface area contributed by atoms with Crippen molar-refractivity contribution in [2.45, 2.75) is 18.7 Å². The zero-order valence-corrected chi connectivity index (χ0v) is 9.41. The van der Waals surface area contributed by atoms with Gasteiger partial charge in [-0.3, -0.25) is 0 Å². The quantitative estimate of drug-likeness (QED) is 0.450. The highest BCUT2D eigenvalue weighted by Crippen LogP contribution is 2.12. The maximum Gasteiger partial charge on any atom is 0.339 e. The first-order chi connectivity index (χ1) is 7.06. The molecular formula is C11H12O3S. The van der Waals surface area contributed by atoms with Gasteiger partial charge in [-0.25, -0.2) is 0 Å². The average molecular weight is 224 g/mol. The lowest BCUT2D eigenvalue weighted by Gasteiger charge is -2.01. The third-order valence-corrected chi connectivity index (χ3v) is 2.92. The summed E-state index contributed by atoms with van der Waals surface area (Å²) >= 11 is 0. The minimum absolute atomic E-state index is 0.141. The number of hydrogen-bond acceptors (Lipinski definition) is 3. The Morgan fingerprint density at radius 3 is 2.40 bits per heavy atom. The SMILES string of the molecule is CC=C=COS(=O)(=O)c1ccc(C)cc1. The van der Waals surface area contributed by atoms with E-state index in [0.717, 1.165) is 11.8 Å². The van der Waals surface area contributed by atoms with Gasteiger partial charge in [0.2, 0.25) is 0 Å². The standard InChI is InChI=1S/C11H12O3S/c1-3-4-9-14-15(12,13)11-7-5-10(2)6-8-11/h3,5-9H,1-2H3. The normalized spacial score (nSPS) is 10.3. The molecule has 1 aromatic carbocycles. The van der Waals surface area contributed by atoms with E-state index in [1.54, 1.807) is 25.1 Å². The second-order valence-corrected chi connectivity index (χ2v) is 4.51. The lowest BCUT2D eigenvalue weighted by Crippen LogP contribution is -2.01. The maximum absolute atomic E-state index is 11.5. The van der Waals surface area contributed by atoms with E-state index in [-0.39, 0.29) is 4.90 Å². The third-order valence-electron chi connectivity index (χ3n) is 1.72. The molecule has 3 nitrogen and oxygen atoms in total. The number of benzene rings is 1. The van der Waals surface area contributed by atoms with Crippen molar-refractivity contribution in [2.24, 2.45) is 0 Å². The van der Waals surface area contributed by atoms with Gasteiger partial charge in [-0.15, -0.1) is 0 Å². The van der Waals surface area contributed by atoms with Gasteiger partial charge in [-0.05, 0) is 32.1 Å². The second kappa shape index (κ2) is 4.82. The van der Waals surface area contributed by atoms with Crippen LogP contribution in [0.25, 0.3) is 0 Å². The summed E-state index contributed by atoms with van der Waals surface area (Å²) in [7, 11) is -3.69. The Hall–Kier alpha value is -1.51. The van der Waals surface area contributed by atoms with Gasteiger partial charge in [-0.1, -0.05) is 23.4 Å². The van der Waals surface area contributed by atoms with Gasteiger partial charge < -0.3 is 4.18 Å². The van der Waals surface area contributed by atoms with Gasteiger partial charge in [0, 0.05) is 0 Å². The predicted octanol–water partition coefficient (Wildman–Crippen LogP) is 2.39. The lowest BCUT2D eigenvalue weighted by molar-refractivity contribution is 0.444. The second-order valence-electron chi connectivity index (χ2n) is 2.94. The van der Waals surface area contributed by atoms with Crippen LogP contribution in [0.15, 0.2) is 47.2 Å². The molecular weight excluding hydrogens is 212 g/mol. The van der Waals surface area contributed by atoms with E-state index in [9.17, 15) is 8.42 Å². The molecule has 0 amide bonds. The van der Waals surface area contributed by atoms with Crippen molar-refractivity contribution in [1.82, 2.24) is 0 Å². The first-order valence-corrected chi connectivity index (χ1v) is 5.82. The van der Waals surface area contributed by atoms with Gasteiger partial charge in [0.25, 0.3) is 0 Å². The zero-order valence-electron chi connectivity index (χ0n) is 8.60. The smallest absolute Gasteiger partial charge is 0.339 e. The Morgan fingerprint density at radius 2 is 1.87 bits per heavy atom. The highest BCUT2D eigenvalue weighted by Gasteiger charge is 2.12. The van der Waals surface area contributed by atoms with Crippen LogP contribution in [0.4, 0.5) is 0 Å². The van der Waals surface area contributed by atoms with Crippen LogP contribution < -0.4 is 0 Å². The Morgan fingerprint density at radius 1 is 1.27 bits per heavy atom. The molecule has 0 aliphatic heterocycles. The molecule has 0 spiro atoms. The van der Waals surface area contributed by atoms with Crippen LogP contribution in [-0.4, -0.2) is 8.42 Å². The van der Waals surface area contributed by atoms with Crippen molar-refractivity contribution in [2.75, 3.05) is 0 Å². The molecule has 0 saturated carbocycles. The molecule has 0 aliphatic rings. The molecule has 0 atom stereocenters. The lowest BCUT2D eigenvalue weighted by atomic mass is 10.2. The summed E-state index contributed by atoms with van der Waals surface area (Å²) in [6.07, 6.45) is 2.58. The topological polar surface area (TPSA) is 43.4 Å². The molecule has 0 N–H and O–H groups in total. The van der Waals surface area contributed by atoms with Crippen LogP contribution >= 0.6 is 0 Å². The fourth-order valence-electron chi connectivity index (χ4n) is 0.920. The van der Waals surface area contributed by atoms with Crippen molar-refractivity contribution >= 4 is 10.1 Å². The number of aryl methyl sites for hydroxylation is 1. The Balaban J connectivity index is 2.96. The van der Waals surface area contributed by atoms with Gasteiger partial charge in [-0.2, -0.15) is 8.42 Å². The highest BCUT2D eigenvalue weighted by molar-refractivity contribution is 7.86. The van der Waals surface area contributed by atoms with E-state index < -0.39 is 10.1 Å². The molecule has 15 heavy (non-hydrogen) atoms. The maximum atomic E-state index is 11.5. The summed E-state index contributed by atoms with van der Waals surface area (Å²) in [4.78, 5) is 0.141. The Bertz CT molecular complexity index is 477.